The zero-order chi connectivity index (χ0) is 18.0. The second-order valence-corrected chi connectivity index (χ2v) is 7.68. The summed E-state index contributed by atoms with van der Waals surface area (Å²) < 4.78 is 11.5. The highest BCUT2D eigenvalue weighted by atomic mass is 79.9. The van der Waals surface area contributed by atoms with E-state index in [0.29, 0.717) is 22.1 Å². The maximum atomic E-state index is 11.9. The number of aliphatic imine (C=N–C) groups is 1. The predicted molar refractivity (Wildman–Crippen MR) is 104 cm³/mol. The fourth-order valence-electron chi connectivity index (χ4n) is 3.01. The van der Waals surface area contributed by atoms with E-state index in [4.69, 9.17) is 15.2 Å². The maximum Gasteiger partial charge on any atom is 0.252 e. The first-order valence-corrected chi connectivity index (χ1v) is 9.56. The van der Waals surface area contributed by atoms with Crippen molar-refractivity contribution in [3.8, 4) is 11.5 Å². The maximum absolute atomic E-state index is 11.9. The summed E-state index contributed by atoms with van der Waals surface area (Å²) in [6.45, 7) is 0. The van der Waals surface area contributed by atoms with Gasteiger partial charge in [-0.1, -0.05) is 0 Å². The fourth-order valence-corrected chi connectivity index (χ4v) is 4.77. The molecule has 1 aromatic heterocycles. The Morgan fingerprint density at radius 2 is 1.96 bits per heavy atom. The molecule has 0 saturated carbocycles. The van der Waals surface area contributed by atoms with Crippen molar-refractivity contribution in [3.05, 3.63) is 38.2 Å². The van der Waals surface area contributed by atoms with Gasteiger partial charge in [0.05, 0.1) is 24.3 Å². The molecule has 132 valence electrons. The Hall–Kier alpha value is -1.86. The van der Waals surface area contributed by atoms with E-state index in [-0.39, 0.29) is 0 Å². The molecule has 0 atom stereocenters. The van der Waals surface area contributed by atoms with E-state index < -0.39 is 5.91 Å². The minimum absolute atomic E-state index is 0.408. The van der Waals surface area contributed by atoms with Crippen molar-refractivity contribution < 1.29 is 14.3 Å². The van der Waals surface area contributed by atoms with Gasteiger partial charge in [0.1, 0.15) is 16.5 Å². The Morgan fingerprint density at radius 3 is 2.64 bits per heavy atom. The number of ether oxygens (including phenoxy) is 2. The monoisotopic (exact) mass is 422 g/mol. The summed E-state index contributed by atoms with van der Waals surface area (Å²) in [5.41, 5.74) is 8.06. The van der Waals surface area contributed by atoms with E-state index in [1.807, 2.05) is 6.07 Å². The molecular weight excluding hydrogens is 404 g/mol. The molecule has 1 aliphatic rings. The molecule has 0 radical (unpaired) electrons. The van der Waals surface area contributed by atoms with Crippen LogP contribution >= 0.6 is 27.3 Å². The molecule has 0 bridgehead atoms. The van der Waals surface area contributed by atoms with Crippen LogP contribution in [0.15, 0.2) is 21.6 Å². The number of fused-ring (bicyclic) bond motifs is 1. The highest BCUT2D eigenvalue weighted by Gasteiger charge is 2.23. The van der Waals surface area contributed by atoms with Crippen molar-refractivity contribution in [2.45, 2.75) is 25.7 Å². The number of methoxy groups -OCH3 is 2. The van der Waals surface area contributed by atoms with Gasteiger partial charge >= 0.3 is 0 Å². The highest BCUT2D eigenvalue weighted by Crippen LogP contribution is 2.40. The van der Waals surface area contributed by atoms with Gasteiger partial charge in [-0.25, -0.2) is 4.99 Å². The quantitative estimate of drug-likeness (QED) is 0.731. The van der Waals surface area contributed by atoms with Crippen LogP contribution in [0.3, 0.4) is 0 Å². The second-order valence-electron chi connectivity index (χ2n) is 5.74. The van der Waals surface area contributed by atoms with Crippen molar-refractivity contribution in [2.24, 2.45) is 10.7 Å². The zero-order valence-corrected chi connectivity index (χ0v) is 16.5. The van der Waals surface area contributed by atoms with Crippen LogP contribution in [-0.4, -0.2) is 26.3 Å². The van der Waals surface area contributed by atoms with Gasteiger partial charge in [0.25, 0.3) is 5.91 Å². The molecule has 1 aliphatic carbocycles. The molecule has 0 aliphatic heterocycles. The van der Waals surface area contributed by atoms with Crippen LogP contribution in [0, 0.1) is 0 Å². The Labute approximate surface area is 159 Å². The van der Waals surface area contributed by atoms with Crippen LogP contribution in [0.4, 0.5) is 5.00 Å². The van der Waals surface area contributed by atoms with Gasteiger partial charge in [-0.05, 0) is 53.2 Å². The number of thiophene rings is 1. The molecular formula is C18H19BrN2O3S. The molecule has 0 fully saturated rings. The summed E-state index contributed by atoms with van der Waals surface area (Å²) in [5.74, 6) is 0.915. The average Bonchev–Trinajstić information content (AvgIpc) is 2.98. The minimum Gasteiger partial charge on any atom is -0.496 e. The van der Waals surface area contributed by atoms with Crippen molar-refractivity contribution >= 4 is 44.4 Å². The Bertz CT molecular complexity index is 845. The first-order chi connectivity index (χ1) is 12.0. The van der Waals surface area contributed by atoms with Crippen LogP contribution in [-0.2, 0) is 12.8 Å². The summed E-state index contributed by atoms with van der Waals surface area (Å²) in [6.07, 6.45) is 5.83. The molecule has 2 aromatic rings. The number of benzene rings is 1. The highest BCUT2D eigenvalue weighted by molar-refractivity contribution is 9.10. The number of amides is 1. The molecule has 7 heteroatoms. The van der Waals surface area contributed by atoms with E-state index in [1.54, 1.807) is 37.8 Å². The lowest BCUT2D eigenvalue weighted by Crippen LogP contribution is -2.14. The first kappa shape index (κ1) is 17.9. The summed E-state index contributed by atoms with van der Waals surface area (Å²) in [6, 6.07) is 3.67. The van der Waals surface area contributed by atoms with Gasteiger partial charge in [0.2, 0.25) is 0 Å². The van der Waals surface area contributed by atoms with Crippen molar-refractivity contribution in [1.82, 2.24) is 0 Å². The summed E-state index contributed by atoms with van der Waals surface area (Å²) >= 11 is 5.03. The fraction of sp³-hybridized carbons (Fsp3) is 0.333. The molecule has 3 rings (SSSR count). The van der Waals surface area contributed by atoms with E-state index in [0.717, 1.165) is 41.3 Å². The number of carbonyl (C=O) groups excluding carboxylic acids is 1. The minimum atomic E-state index is -0.408. The van der Waals surface area contributed by atoms with Gasteiger partial charge in [-0.2, -0.15) is 0 Å². The molecule has 0 unspecified atom stereocenters. The van der Waals surface area contributed by atoms with E-state index in [2.05, 4.69) is 20.9 Å². The van der Waals surface area contributed by atoms with Gasteiger partial charge < -0.3 is 15.2 Å². The predicted octanol–water partition coefficient (Wildman–Crippen LogP) is 4.26. The Kier molecular flexibility index (Phi) is 5.44. The van der Waals surface area contributed by atoms with E-state index >= 15 is 0 Å². The molecule has 2 N–H and O–H groups in total. The van der Waals surface area contributed by atoms with Crippen molar-refractivity contribution in [3.63, 3.8) is 0 Å². The van der Waals surface area contributed by atoms with Crippen LogP contribution < -0.4 is 15.2 Å². The third-order valence-corrected chi connectivity index (χ3v) is 6.04. The number of nitrogens with two attached hydrogens (primary N) is 1. The summed E-state index contributed by atoms with van der Waals surface area (Å²) in [7, 11) is 3.20. The van der Waals surface area contributed by atoms with Crippen molar-refractivity contribution in [1.29, 1.82) is 0 Å². The number of nitrogens with zero attached hydrogens (tertiary/aromatic N) is 1. The van der Waals surface area contributed by atoms with Gasteiger partial charge in [-0.3, -0.25) is 4.79 Å². The molecule has 1 amide bonds. The molecule has 1 heterocycles. The van der Waals surface area contributed by atoms with Gasteiger partial charge in [0.15, 0.2) is 0 Å². The number of hydrogen-bond donors (Lipinski definition) is 1. The van der Waals surface area contributed by atoms with Gasteiger partial charge in [-0.15, -0.1) is 11.3 Å². The molecule has 5 nitrogen and oxygen atoms in total. The summed E-state index contributed by atoms with van der Waals surface area (Å²) in [4.78, 5) is 17.7. The second kappa shape index (κ2) is 7.58. The number of hydrogen-bond acceptors (Lipinski definition) is 5. The average molecular weight is 423 g/mol. The third-order valence-electron chi connectivity index (χ3n) is 4.22. The van der Waals surface area contributed by atoms with E-state index in [1.165, 1.54) is 4.88 Å². The number of aryl methyl sites for hydroxylation is 1. The molecule has 0 saturated heterocycles. The number of halogens is 1. The largest absolute Gasteiger partial charge is 0.496 e. The van der Waals surface area contributed by atoms with E-state index in [9.17, 15) is 4.79 Å². The van der Waals surface area contributed by atoms with Crippen LogP contribution in [0.25, 0.3) is 0 Å². The number of carbonyl (C=O) groups is 1. The van der Waals surface area contributed by atoms with Crippen LogP contribution in [0.1, 0.15) is 39.2 Å². The van der Waals surface area contributed by atoms with Crippen LogP contribution in [0.2, 0.25) is 0 Å². The first-order valence-electron chi connectivity index (χ1n) is 7.95. The number of primary amides is 1. The lowest BCUT2D eigenvalue weighted by Gasteiger charge is -2.10. The molecule has 1 aromatic carbocycles. The molecule has 0 spiro atoms. The number of rotatable bonds is 5. The summed E-state index contributed by atoms with van der Waals surface area (Å²) in [5, 5.41) is 0.674. The smallest absolute Gasteiger partial charge is 0.252 e. The zero-order valence-electron chi connectivity index (χ0n) is 14.1. The lowest BCUT2D eigenvalue weighted by atomic mass is 9.95. The van der Waals surface area contributed by atoms with Gasteiger partial charge in [0, 0.05) is 22.7 Å². The Morgan fingerprint density at radius 1 is 1.24 bits per heavy atom. The molecule has 25 heavy (non-hydrogen) atoms. The topological polar surface area (TPSA) is 73.9 Å². The van der Waals surface area contributed by atoms with Crippen LogP contribution in [0.5, 0.6) is 11.5 Å². The van der Waals surface area contributed by atoms with Crippen molar-refractivity contribution in [2.75, 3.05) is 14.2 Å². The Balaban J connectivity index is 2.02. The standard InChI is InChI=1S/C18H19BrN2O3S/c1-23-13-8-14(24-2)12(19)7-10(13)9-21-18-16(17(20)22)11-5-3-4-6-15(11)25-18/h7-9H,3-6H2,1-2H3,(H2,20,22)/b21-9+. The SMILES string of the molecule is COc1cc(OC)c(/C=N/c2sc3c(c2C(N)=O)CCCC3)cc1Br. The lowest BCUT2D eigenvalue weighted by molar-refractivity contribution is 0.100. The normalized spacial score (nSPS) is 13.7. The third kappa shape index (κ3) is 3.57.